The number of carbonyl (C=O) groups excluding carboxylic acids is 1. The lowest BCUT2D eigenvalue weighted by atomic mass is 9.99. The van der Waals surface area contributed by atoms with Crippen molar-refractivity contribution in [3.8, 4) is 5.75 Å². The number of benzene rings is 2. The summed E-state index contributed by atoms with van der Waals surface area (Å²) in [6.45, 7) is 1.90. The molecule has 1 aliphatic rings. The lowest BCUT2D eigenvalue weighted by Crippen LogP contribution is -2.07. The maximum absolute atomic E-state index is 13.7. The van der Waals surface area contributed by atoms with Crippen molar-refractivity contribution in [3.05, 3.63) is 64.5 Å². The third-order valence-corrected chi connectivity index (χ3v) is 3.44. The summed E-state index contributed by atoms with van der Waals surface area (Å²) in [7, 11) is 0. The van der Waals surface area contributed by atoms with E-state index in [-0.39, 0.29) is 11.7 Å². The molecule has 0 spiro atoms. The highest BCUT2D eigenvalue weighted by Gasteiger charge is 2.23. The second-order valence-electron chi connectivity index (χ2n) is 5.01. The second kappa shape index (κ2) is 4.91. The zero-order valence-corrected chi connectivity index (χ0v) is 11.1. The lowest BCUT2D eigenvalue weighted by molar-refractivity contribution is 0.103. The van der Waals surface area contributed by atoms with Gasteiger partial charge in [-0.25, -0.2) is 13.2 Å². The van der Waals surface area contributed by atoms with Gasteiger partial charge in [0.2, 0.25) is 0 Å². The van der Waals surface area contributed by atoms with Gasteiger partial charge < -0.3 is 4.74 Å². The number of ketones is 1. The summed E-state index contributed by atoms with van der Waals surface area (Å²) < 4.78 is 45.3. The predicted octanol–water partition coefficient (Wildman–Crippen LogP) is 3.66. The molecule has 0 saturated heterocycles. The van der Waals surface area contributed by atoms with E-state index in [2.05, 4.69) is 0 Å². The first-order chi connectivity index (χ1) is 9.97. The van der Waals surface area contributed by atoms with Crippen molar-refractivity contribution in [3.63, 3.8) is 0 Å². The van der Waals surface area contributed by atoms with E-state index in [0.29, 0.717) is 12.2 Å². The fourth-order valence-corrected chi connectivity index (χ4v) is 2.42. The lowest BCUT2D eigenvalue weighted by Gasteiger charge is -2.06. The molecule has 1 unspecified atom stereocenters. The highest BCUT2D eigenvalue weighted by molar-refractivity contribution is 6.09. The smallest absolute Gasteiger partial charge is 0.196 e. The Morgan fingerprint density at radius 3 is 2.67 bits per heavy atom. The first-order valence-corrected chi connectivity index (χ1v) is 6.45. The number of halogens is 3. The molecule has 5 heteroatoms. The molecule has 0 radical (unpaired) electrons. The molecule has 1 atom stereocenters. The standard InChI is InChI=1S/C16H11F3O2/c1-8-6-10-7-9(2-5-13(10)21-8)16(20)11-3-4-12(17)15(19)14(11)18/h2-5,7-8H,6H2,1H3. The largest absolute Gasteiger partial charge is 0.490 e. The van der Waals surface area contributed by atoms with Crippen LogP contribution in [-0.2, 0) is 6.42 Å². The highest BCUT2D eigenvalue weighted by atomic mass is 19.2. The zero-order valence-electron chi connectivity index (χ0n) is 11.1. The van der Waals surface area contributed by atoms with Gasteiger partial charge in [0.05, 0.1) is 5.56 Å². The number of ether oxygens (including phenoxy) is 1. The van der Waals surface area contributed by atoms with E-state index >= 15 is 0 Å². The Labute approximate surface area is 119 Å². The Bertz CT molecular complexity index is 741. The molecule has 0 fully saturated rings. The van der Waals surface area contributed by atoms with E-state index in [9.17, 15) is 18.0 Å². The Hall–Kier alpha value is -2.30. The van der Waals surface area contributed by atoms with Crippen LogP contribution in [0.1, 0.15) is 28.4 Å². The van der Waals surface area contributed by atoms with Gasteiger partial charge in [-0.1, -0.05) is 0 Å². The molecule has 0 aromatic heterocycles. The zero-order chi connectivity index (χ0) is 15.1. The van der Waals surface area contributed by atoms with Crippen LogP contribution in [0.15, 0.2) is 30.3 Å². The van der Waals surface area contributed by atoms with Gasteiger partial charge in [-0.15, -0.1) is 0 Å². The van der Waals surface area contributed by atoms with E-state index in [1.165, 1.54) is 6.07 Å². The second-order valence-corrected chi connectivity index (χ2v) is 5.01. The van der Waals surface area contributed by atoms with Gasteiger partial charge in [0.1, 0.15) is 11.9 Å². The SMILES string of the molecule is CC1Cc2cc(C(=O)c3ccc(F)c(F)c3F)ccc2O1. The van der Waals surface area contributed by atoms with Crippen molar-refractivity contribution < 1.29 is 22.7 Å². The van der Waals surface area contributed by atoms with Crippen molar-refractivity contribution in [2.45, 2.75) is 19.4 Å². The molecule has 21 heavy (non-hydrogen) atoms. The first kappa shape index (κ1) is 13.7. The van der Waals surface area contributed by atoms with Crippen molar-refractivity contribution in [1.29, 1.82) is 0 Å². The molecule has 0 amide bonds. The minimum absolute atomic E-state index is 0.0188. The molecular weight excluding hydrogens is 281 g/mol. The van der Waals surface area contributed by atoms with E-state index in [0.717, 1.165) is 17.7 Å². The number of hydrogen-bond donors (Lipinski definition) is 0. The summed E-state index contributed by atoms with van der Waals surface area (Å²) in [5.74, 6) is -4.43. The van der Waals surface area contributed by atoms with Crippen molar-refractivity contribution >= 4 is 5.78 Å². The Kier molecular flexibility index (Phi) is 3.20. The Morgan fingerprint density at radius 1 is 1.14 bits per heavy atom. The monoisotopic (exact) mass is 292 g/mol. The number of rotatable bonds is 2. The maximum Gasteiger partial charge on any atom is 0.196 e. The van der Waals surface area contributed by atoms with Crippen LogP contribution < -0.4 is 4.74 Å². The Morgan fingerprint density at radius 2 is 1.90 bits per heavy atom. The third kappa shape index (κ3) is 2.28. The summed E-state index contributed by atoms with van der Waals surface area (Å²) in [6.07, 6.45) is 0.668. The summed E-state index contributed by atoms with van der Waals surface area (Å²) in [5.41, 5.74) is 0.577. The van der Waals surface area contributed by atoms with Crippen LogP contribution in [0.4, 0.5) is 13.2 Å². The van der Waals surface area contributed by atoms with Crippen LogP contribution in [0.2, 0.25) is 0 Å². The molecule has 0 saturated carbocycles. The van der Waals surface area contributed by atoms with Crippen LogP contribution in [0.25, 0.3) is 0 Å². The number of hydrogen-bond acceptors (Lipinski definition) is 2. The molecule has 1 aliphatic heterocycles. The van der Waals surface area contributed by atoms with Crippen LogP contribution in [-0.4, -0.2) is 11.9 Å². The molecular formula is C16H11F3O2. The van der Waals surface area contributed by atoms with Crippen molar-refractivity contribution in [2.24, 2.45) is 0 Å². The van der Waals surface area contributed by atoms with Gasteiger partial charge in [-0.05, 0) is 42.8 Å². The van der Waals surface area contributed by atoms with Crippen LogP contribution in [0.3, 0.4) is 0 Å². The summed E-state index contributed by atoms with van der Waals surface area (Å²) >= 11 is 0. The molecule has 108 valence electrons. The molecule has 1 heterocycles. The van der Waals surface area contributed by atoms with Gasteiger partial charge in [-0.2, -0.15) is 0 Å². The fourth-order valence-electron chi connectivity index (χ4n) is 2.42. The molecule has 2 aromatic carbocycles. The normalized spacial score (nSPS) is 16.5. The van der Waals surface area contributed by atoms with Crippen molar-refractivity contribution in [1.82, 2.24) is 0 Å². The minimum Gasteiger partial charge on any atom is -0.490 e. The fraction of sp³-hybridized carbons (Fsp3) is 0.188. The summed E-state index contributed by atoms with van der Waals surface area (Å²) in [5, 5.41) is 0. The number of fused-ring (bicyclic) bond motifs is 1. The van der Waals surface area contributed by atoms with E-state index in [1.807, 2.05) is 6.92 Å². The highest BCUT2D eigenvalue weighted by Crippen LogP contribution is 2.30. The topological polar surface area (TPSA) is 26.3 Å². The predicted molar refractivity (Wildman–Crippen MR) is 70.0 cm³/mol. The van der Waals surface area contributed by atoms with Gasteiger partial charge >= 0.3 is 0 Å². The average molecular weight is 292 g/mol. The van der Waals surface area contributed by atoms with Gasteiger partial charge in [0, 0.05) is 12.0 Å². The minimum atomic E-state index is -1.64. The van der Waals surface area contributed by atoms with E-state index in [4.69, 9.17) is 4.74 Å². The van der Waals surface area contributed by atoms with Gasteiger partial charge in [0.25, 0.3) is 0 Å². The van der Waals surface area contributed by atoms with E-state index < -0.39 is 28.8 Å². The van der Waals surface area contributed by atoms with E-state index in [1.54, 1.807) is 12.1 Å². The van der Waals surface area contributed by atoms with Gasteiger partial charge in [0.15, 0.2) is 23.2 Å². The van der Waals surface area contributed by atoms with Crippen LogP contribution in [0.5, 0.6) is 5.75 Å². The summed E-state index contributed by atoms with van der Waals surface area (Å²) in [6, 6.07) is 6.40. The number of carbonyl (C=O) groups is 1. The maximum atomic E-state index is 13.7. The molecule has 0 N–H and O–H groups in total. The first-order valence-electron chi connectivity index (χ1n) is 6.45. The molecule has 2 nitrogen and oxygen atoms in total. The molecule has 2 aromatic rings. The van der Waals surface area contributed by atoms with Crippen LogP contribution in [0, 0.1) is 17.5 Å². The van der Waals surface area contributed by atoms with Crippen molar-refractivity contribution in [2.75, 3.05) is 0 Å². The summed E-state index contributed by atoms with van der Waals surface area (Å²) in [4.78, 5) is 12.2. The molecule has 0 bridgehead atoms. The average Bonchev–Trinajstić information content (AvgIpc) is 2.83. The van der Waals surface area contributed by atoms with Crippen LogP contribution >= 0.6 is 0 Å². The Balaban J connectivity index is 2.00. The molecule has 3 rings (SSSR count). The van der Waals surface area contributed by atoms with Gasteiger partial charge in [-0.3, -0.25) is 4.79 Å². The third-order valence-electron chi connectivity index (χ3n) is 3.44. The quantitative estimate of drug-likeness (QED) is 0.624. The molecule has 0 aliphatic carbocycles.